The number of aryl methyl sites for hydroxylation is 2. The molecule has 0 unspecified atom stereocenters. The number of nitrogen functional groups attached to an aromatic ring is 1. The Morgan fingerprint density at radius 1 is 1.45 bits per heavy atom. The molecule has 6 heteroatoms. The van der Waals surface area contributed by atoms with E-state index >= 15 is 0 Å². The van der Waals surface area contributed by atoms with E-state index in [4.69, 9.17) is 5.73 Å². The summed E-state index contributed by atoms with van der Waals surface area (Å²) >= 11 is 1.67. The minimum absolute atomic E-state index is 0.00280. The van der Waals surface area contributed by atoms with Crippen molar-refractivity contribution >= 4 is 17.0 Å². The summed E-state index contributed by atoms with van der Waals surface area (Å²) < 4.78 is 1.66. The molecule has 2 heterocycles. The van der Waals surface area contributed by atoms with Gasteiger partial charge in [0.1, 0.15) is 0 Å². The second kappa shape index (κ2) is 6.67. The lowest BCUT2D eigenvalue weighted by Gasteiger charge is -2.15. The third-order valence-electron chi connectivity index (χ3n) is 3.04. The summed E-state index contributed by atoms with van der Waals surface area (Å²) in [5.41, 5.74) is 7.41. The minimum atomic E-state index is -0.00280. The van der Waals surface area contributed by atoms with E-state index in [-0.39, 0.29) is 5.56 Å². The lowest BCUT2D eigenvalue weighted by Crippen LogP contribution is -2.24. The maximum absolute atomic E-state index is 11.6. The number of aromatic nitrogens is 2. The van der Waals surface area contributed by atoms with Crippen LogP contribution in [-0.4, -0.2) is 28.0 Å². The Hall–Kier alpha value is -1.66. The van der Waals surface area contributed by atoms with Crippen LogP contribution < -0.4 is 11.3 Å². The van der Waals surface area contributed by atoms with E-state index in [1.807, 2.05) is 6.92 Å². The van der Waals surface area contributed by atoms with Crippen molar-refractivity contribution in [1.29, 1.82) is 0 Å². The van der Waals surface area contributed by atoms with Gasteiger partial charge in [-0.2, -0.15) is 0 Å². The van der Waals surface area contributed by atoms with Crippen LogP contribution in [0.3, 0.4) is 0 Å². The Kier molecular flexibility index (Phi) is 4.92. The zero-order valence-corrected chi connectivity index (χ0v) is 12.7. The molecule has 0 saturated carbocycles. The Morgan fingerprint density at radius 3 is 2.95 bits per heavy atom. The molecule has 0 fully saturated rings. The van der Waals surface area contributed by atoms with Gasteiger partial charge in [-0.15, -0.1) is 11.3 Å². The smallest absolute Gasteiger partial charge is 0.250 e. The predicted octanol–water partition coefficient (Wildman–Crippen LogP) is 1.72. The molecule has 2 aromatic rings. The maximum atomic E-state index is 11.6. The van der Waals surface area contributed by atoms with Crippen molar-refractivity contribution in [3.05, 3.63) is 44.8 Å². The topological polar surface area (TPSA) is 64.2 Å². The van der Waals surface area contributed by atoms with Crippen LogP contribution in [0.15, 0.2) is 28.5 Å². The molecule has 0 bridgehead atoms. The molecule has 0 aliphatic carbocycles. The first kappa shape index (κ1) is 14.7. The van der Waals surface area contributed by atoms with Crippen LogP contribution in [0, 0.1) is 6.92 Å². The summed E-state index contributed by atoms with van der Waals surface area (Å²) in [5, 5.41) is 3.19. The summed E-state index contributed by atoms with van der Waals surface area (Å²) in [5.74, 6) is 0. The van der Waals surface area contributed by atoms with Crippen molar-refractivity contribution in [3.63, 3.8) is 0 Å². The van der Waals surface area contributed by atoms with E-state index in [1.165, 1.54) is 6.07 Å². The molecule has 0 amide bonds. The van der Waals surface area contributed by atoms with Gasteiger partial charge in [0.2, 0.25) is 0 Å². The van der Waals surface area contributed by atoms with E-state index in [2.05, 4.69) is 22.3 Å². The summed E-state index contributed by atoms with van der Waals surface area (Å²) in [7, 11) is 2.07. The average molecular weight is 292 g/mol. The summed E-state index contributed by atoms with van der Waals surface area (Å²) in [4.78, 5) is 18.3. The number of hydrogen-bond donors (Lipinski definition) is 1. The Balaban J connectivity index is 1.80. The fraction of sp³-hybridized carbons (Fsp3) is 0.429. The fourth-order valence-corrected chi connectivity index (χ4v) is 2.68. The second-order valence-electron chi connectivity index (χ2n) is 4.94. The normalized spacial score (nSPS) is 11.2. The number of nitrogens with zero attached hydrogens (tertiary/aromatic N) is 3. The van der Waals surface area contributed by atoms with Gasteiger partial charge in [-0.3, -0.25) is 4.79 Å². The Bertz CT molecular complexity index is 620. The van der Waals surface area contributed by atoms with Crippen LogP contribution in [-0.2, 0) is 13.1 Å². The number of hydrogen-bond acceptors (Lipinski definition) is 5. The standard InChI is InChI=1S/C14H20N4OS/c1-11-16-13(10-20-11)9-17(2)6-3-7-18-8-12(15)4-5-14(18)19/h4-5,8,10H,3,6-7,9,15H2,1-2H3. The van der Waals surface area contributed by atoms with Gasteiger partial charge in [-0.05, 0) is 33.0 Å². The fourth-order valence-electron chi connectivity index (χ4n) is 2.07. The molecule has 0 atom stereocenters. The average Bonchev–Trinajstić information content (AvgIpc) is 2.79. The first-order valence-electron chi connectivity index (χ1n) is 6.60. The van der Waals surface area contributed by atoms with Gasteiger partial charge in [-0.1, -0.05) is 0 Å². The Labute approximate surface area is 122 Å². The van der Waals surface area contributed by atoms with Crippen LogP contribution in [0.1, 0.15) is 17.1 Å². The van der Waals surface area contributed by atoms with Gasteiger partial charge in [0.05, 0.1) is 10.7 Å². The quantitative estimate of drug-likeness (QED) is 0.880. The molecule has 20 heavy (non-hydrogen) atoms. The van der Waals surface area contributed by atoms with Crippen molar-refractivity contribution in [2.45, 2.75) is 26.4 Å². The van der Waals surface area contributed by atoms with E-state index in [1.54, 1.807) is 28.2 Å². The molecule has 0 radical (unpaired) electrons. The third kappa shape index (κ3) is 4.18. The second-order valence-corrected chi connectivity index (χ2v) is 6.01. The number of thiazole rings is 1. The lowest BCUT2D eigenvalue weighted by molar-refractivity contribution is 0.310. The van der Waals surface area contributed by atoms with Crippen LogP contribution in [0.25, 0.3) is 0 Å². The first-order chi connectivity index (χ1) is 9.54. The molecule has 2 rings (SSSR count). The number of rotatable bonds is 6. The molecule has 108 valence electrons. The van der Waals surface area contributed by atoms with E-state index in [9.17, 15) is 4.79 Å². The van der Waals surface area contributed by atoms with Crippen LogP contribution in [0.5, 0.6) is 0 Å². The van der Waals surface area contributed by atoms with Gasteiger partial charge < -0.3 is 15.2 Å². The van der Waals surface area contributed by atoms with Crippen molar-refractivity contribution in [2.75, 3.05) is 19.3 Å². The van der Waals surface area contributed by atoms with Gasteiger partial charge >= 0.3 is 0 Å². The van der Waals surface area contributed by atoms with Crippen molar-refractivity contribution in [2.24, 2.45) is 0 Å². The highest BCUT2D eigenvalue weighted by Gasteiger charge is 2.04. The van der Waals surface area contributed by atoms with Crippen molar-refractivity contribution < 1.29 is 0 Å². The van der Waals surface area contributed by atoms with Crippen molar-refractivity contribution in [3.8, 4) is 0 Å². The van der Waals surface area contributed by atoms with E-state index < -0.39 is 0 Å². The molecule has 0 aliphatic rings. The lowest BCUT2D eigenvalue weighted by atomic mass is 10.3. The van der Waals surface area contributed by atoms with E-state index in [0.717, 1.165) is 30.2 Å². The summed E-state index contributed by atoms with van der Waals surface area (Å²) in [6.45, 7) is 4.46. The number of nitrogens with two attached hydrogens (primary N) is 1. The van der Waals surface area contributed by atoms with Gasteiger partial charge in [-0.25, -0.2) is 4.98 Å². The molecular formula is C14H20N4OS. The zero-order valence-electron chi connectivity index (χ0n) is 11.9. The molecule has 2 N–H and O–H groups in total. The first-order valence-corrected chi connectivity index (χ1v) is 7.48. The molecule has 0 aromatic carbocycles. The highest BCUT2D eigenvalue weighted by molar-refractivity contribution is 7.09. The Morgan fingerprint density at radius 2 is 2.25 bits per heavy atom. The summed E-state index contributed by atoms with van der Waals surface area (Å²) in [6, 6.07) is 3.15. The number of pyridine rings is 1. The van der Waals surface area contributed by atoms with Crippen LogP contribution in [0.2, 0.25) is 0 Å². The number of anilines is 1. The highest BCUT2D eigenvalue weighted by atomic mass is 32.1. The summed E-state index contributed by atoms with van der Waals surface area (Å²) in [6.07, 6.45) is 2.61. The molecule has 0 spiro atoms. The molecule has 0 saturated heterocycles. The molecular weight excluding hydrogens is 272 g/mol. The maximum Gasteiger partial charge on any atom is 0.250 e. The monoisotopic (exact) mass is 292 g/mol. The highest BCUT2D eigenvalue weighted by Crippen LogP contribution is 2.09. The SMILES string of the molecule is Cc1nc(CN(C)CCCn2cc(N)ccc2=O)cs1. The predicted molar refractivity (Wildman–Crippen MR) is 82.9 cm³/mol. The minimum Gasteiger partial charge on any atom is -0.398 e. The van der Waals surface area contributed by atoms with Crippen molar-refractivity contribution in [1.82, 2.24) is 14.5 Å². The molecule has 5 nitrogen and oxygen atoms in total. The van der Waals surface area contributed by atoms with Crippen LogP contribution >= 0.6 is 11.3 Å². The van der Waals surface area contributed by atoms with Gasteiger partial charge in [0.15, 0.2) is 0 Å². The molecule has 0 aliphatic heterocycles. The molecule has 2 aromatic heterocycles. The zero-order chi connectivity index (χ0) is 14.5. The van der Waals surface area contributed by atoms with Gasteiger partial charge in [0.25, 0.3) is 5.56 Å². The van der Waals surface area contributed by atoms with Crippen LogP contribution in [0.4, 0.5) is 5.69 Å². The largest absolute Gasteiger partial charge is 0.398 e. The van der Waals surface area contributed by atoms with E-state index in [0.29, 0.717) is 12.2 Å². The third-order valence-corrected chi connectivity index (χ3v) is 3.87. The van der Waals surface area contributed by atoms with Gasteiger partial charge in [0, 0.05) is 36.4 Å².